The van der Waals surface area contributed by atoms with Gasteiger partial charge in [0.05, 0.1) is 12.3 Å². The Morgan fingerprint density at radius 2 is 2.05 bits per heavy atom. The maximum atomic E-state index is 13.1. The lowest BCUT2D eigenvalue weighted by atomic mass is 10.1. The van der Waals surface area contributed by atoms with Crippen LogP contribution in [0.1, 0.15) is 30.6 Å². The first kappa shape index (κ1) is 15.9. The van der Waals surface area contributed by atoms with Crippen molar-refractivity contribution in [1.29, 1.82) is 0 Å². The van der Waals surface area contributed by atoms with Gasteiger partial charge in [-0.15, -0.1) is 0 Å². The monoisotopic (exact) mass is 282 g/mol. The number of nitrogens with zero attached hydrogens (tertiary/aromatic N) is 1. The molecule has 6 heteroatoms. The van der Waals surface area contributed by atoms with Crippen molar-refractivity contribution in [1.82, 2.24) is 4.90 Å². The molecule has 0 fully saturated rings. The van der Waals surface area contributed by atoms with Crippen molar-refractivity contribution in [2.45, 2.75) is 20.3 Å². The molecule has 0 bridgehead atoms. The summed E-state index contributed by atoms with van der Waals surface area (Å²) in [5.74, 6) is -1.41. The number of anilines is 1. The highest BCUT2D eigenvalue weighted by molar-refractivity contribution is 5.96. The number of halogens is 1. The van der Waals surface area contributed by atoms with Crippen LogP contribution in [-0.4, -0.2) is 36.5 Å². The summed E-state index contributed by atoms with van der Waals surface area (Å²) in [6, 6.07) is 3.75. The minimum atomic E-state index is -0.575. The number of nitrogen functional groups attached to an aromatic ring is 1. The molecule has 0 aliphatic rings. The first-order valence-corrected chi connectivity index (χ1v) is 6.49. The quantitative estimate of drug-likeness (QED) is 0.638. The van der Waals surface area contributed by atoms with Crippen LogP contribution in [0.4, 0.5) is 10.1 Å². The SMILES string of the molecule is CCCN(CC(=O)OCC)C(=O)c1ccc(F)c(N)c1. The van der Waals surface area contributed by atoms with Gasteiger partial charge in [0, 0.05) is 12.1 Å². The van der Waals surface area contributed by atoms with E-state index in [0.717, 1.165) is 6.07 Å². The summed E-state index contributed by atoms with van der Waals surface area (Å²) in [7, 11) is 0. The first-order chi connectivity index (χ1) is 9.49. The van der Waals surface area contributed by atoms with E-state index >= 15 is 0 Å². The predicted molar refractivity (Wildman–Crippen MR) is 73.6 cm³/mol. The van der Waals surface area contributed by atoms with Crippen molar-refractivity contribution >= 4 is 17.6 Å². The second-order valence-electron chi connectivity index (χ2n) is 4.27. The molecule has 2 N–H and O–H groups in total. The Bertz CT molecular complexity index is 491. The van der Waals surface area contributed by atoms with Gasteiger partial charge in [0.25, 0.3) is 5.91 Å². The van der Waals surface area contributed by atoms with Crippen molar-refractivity contribution in [3.05, 3.63) is 29.6 Å². The molecule has 1 amide bonds. The lowest BCUT2D eigenvalue weighted by Gasteiger charge is -2.21. The average Bonchev–Trinajstić information content (AvgIpc) is 2.41. The summed E-state index contributed by atoms with van der Waals surface area (Å²) >= 11 is 0. The van der Waals surface area contributed by atoms with Gasteiger partial charge in [-0.25, -0.2) is 4.39 Å². The van der Waals surface area contributed by atoms with E-state index in [1.165, 1.54) is 17.0 Å². The predicted octanol–water partition coefficient (Wildman–Crippen LogP) is 1.82. The molecule has 5 nitrogen and oxygen atoms in total. The van der Waals surface area contributed by atoms with Crippen LogP contribution in [0.3, 0.4) is 0 Å². The Labute approximate surface area is 117 Å². The molecule has 1 aromatic carbocycles. The number of esters is 1. The van der Waals surface area contributed by atoms with Crippen LogP contribution in [0.25, 0.3) is 0 Å². The minimum Gasteiger partial charge on any atom is -0.465 e. The minimum absolute atomic E-state index is 0.0940. The Balaban J connectivity index is 2.87. The Morgan fingerprint density at radius 3 is 2.60 bits per heavy atom. The maximum absolute atomic E-state index is 13.1. The van der Waals surface area contributed by atoms with Crippen LogP contribution in [-0.2, 0) is 9.53 Å². The molecule has 1 rings (SSSR count). The van der Waals surface area contributed by atoms with Gasteiger partial charge < -0.3 is 15.4 Å². The molecule has 0 unspecified atom stereocenters. The molecular formula is C14H19FN2O3. The van der Waals surface area contributed by atoms with Crippen LogP contribution in [0, 0.1) is 5.82 Å². The summed E-state index contributed by atoms with van der Waals surface area (Å²) in [6.45, 7) is 4.14. The van der Waals surface area contributed by atoms with E-state index in [1.807, 2.05) is 6.92 Å². The highest BCUT2D eigenvalue weighted by Crippen LogP contribution is 2.14. The molecule has 0 radical (unpaired) electrons. The number of hydrogen-bond acceptors (Lipinski definition) is 4. The second-order valence-corrected chi connectivity index (χ2v) is 4.27. The number of nitrogens with two attached hydrogens (primary N) is 1. The van der Waals surface area contributed by atoms with Crippen molar-refractivity contribution in [3.63, 3.8) is 0 Å². The van der Waals surface area contributed by atoms with Gasteiger partial charge in [-0.1, -0.05) is 6.92 Å². The summed E-state index contributed by atoms with van der Waals surface area (Å²) in [5, 5.41) is 0. The molecule has 0 aliphatic heterocycles. The van der Waals surface area contributed by atoms with Crippen molar-refractivity contribution in [3.8, 4) is 0 Å². The smallest absolute Gasteiger partial charge is 0.325 e. The van der Waals surface area contributed by atoms with Crippen LogP contribution < -0.4 is 5.73 Å². The van der Waals surface area contributed by atoms with E-state index < -0.39 is 11.8 Å². The van der Waals surface area contributed by atoms with Gasteiger partial charge in [0.2, 0.25) is 0 Å². The van der Waals surface area contributed by atoms with Gasteiger partial charge >= 0.3 is 5.97 Å². The Hall–Kier alpha value is -2.11. The molecule has 0 aromatic heterocycles. The number of ether oxygens (including phenoxy) is 1. The summed E-state index contributed by atoms with van der Waals surface area (Å²) < 4.78 is 17.9. The summed E-state index contributed by atoms with van der Waals surface area (Å²) in [6.07, 6.45) is 0.696. The third-order valence-electron chi connectivity index (χ3n) is 2.65. The lowest BCUT2D eigenvalue weighted by Crippen LogP contribution is -2.37. The van der Waals surface area contributed by atoms with E-state index in [2.05, 4.69) is 0 Å². The Morgan fingerprint density at radius 1 is 1.35 bits per heavy atom. The van der Waals surface area contributed by atoms with Crippen molar-refractivity contribution in [2.24, 2.45) is 0 Å². The van der Waals surface area contributed by atoms with Crippen LogP contribution >= 0.6 is 0 Å². The number of benzene rings is 1. The van der Waals surface area contributed by atoms with Crippen molar-refractivity contribution in [2.75, 3.05) is 25.4 Å². The average molecular weight is 282 g/mol. The molecule has 0 spiro atoms. The zero-order chi connectivity index (χ0) is 15.1. The number of rotatable bonds is 6. The lowest BCUT2D eigenvalue weighted by molar-refractivity contribution is -0.143. The highest BCUT2D eigenvalue weighted by atomic mass is 19.1. The van der Waals surface area contributed by atoms with E-state index in [4.69, 9.17) is 10.5 Å². The van der Waals surface area contributed by atoms with E-state index in [1.54, 1.807) is 6.92 Å². The molecule has 110 valence electrons. The summed E-state index contributed by atoms with van der Waals surface area (Å²) in [5.41, 5.74) is 5.60. The van der Waals surface area contributed by atoms with Crippen LogP contribution in [0.15, 0.2) is 18.2 Å². The first-order valence-electron chi connectivity index (χ1n) is 6.49. The van der Waals surface area contributed by atoms with Gasteiger partial charge in [-0.2, -0.15) is 0 Å². The zero-order valence-electron chi connectivity index (χ0n) is 11.7. The van der Waals surface area contributed by atoms with Gasteiger partial charge in [-0.3, -0.25) is 9.59 Å². The number of carbonyl (C=O) groups is 2. The normalized spacial score (nSPS) is 10.2. The van der Waals surface area contributed by atoms with Gasteiger partial charge in [0.1, 0.15) is 12.4 Å². The highest BCUT2D eigenvalue weighted by Gasteiger charge is 2.19. The van der Waals surface area contributed by atoms with E-state index in [9.17, 15) is 14.0 Å². The fourth-order valence-electron chi connectivity index (χ4n) is 1.74. The van der Waals surface area contributed by atoms with E-state index in [0.29, 0.717) is 13.0 Å². The van der Waals surface area contributed by atoms with Crippen LogP contribution in [0.2, 0.25) is 0 Å². The van der Waals surface area contributed by atoms with Gasteiger partial charge in [0.15, 0.2) is 0 Å². The van der Waals surface area contributed by atoms with Gasteiger partial charge in [-0.05, 0) is 31.5 Å². The zero-order valence-corrected chi connectivity index (χ0v) is 11.7. The molecule has 0 saturated heterocycles. The third kappa shape index (κ3) is 4.22. The largest absolute Gasteiger partial charge is 0.465 e. The molecule has 0 atom stereocenters. The molecule has 1 aromatic rings. The fourth-order valence-corrected chi connectivity index (χ4v) is 1.74. The molecular weight excluding hydrogens is 263 g/mol. The molecule has 0 aliphatic carbocycles. The van der Waals surface area contributed by atoms with Crippen molar-refractivity contribution < 1.29 is 18.7 Å². The fraction of sp³-hybridized carbons (Fsp3) is 0.429. The topological polar surface area (TPSA) is 72.6 Å². The van der Waals surface area contributed by atoms with Crippen LogP contribution in [0.5, 0.6) is 0 Å². The Kier molecular flexibility index (Phi) is 5.96. The number of amides is 1. The number of carbonyl (C=O) groups excluding carboxylic acids is 2. The van der Waals surface area contributed by atoms with E-state index in [-0.39, 0.29) is 30.3 Å². The molecule has 0 heterocycles. The molecule has 0 saturated carbocycles. The maximum Gasteiger partial charge on any atom is 0.325 e. The standard InChI is InChI=1S/C14H19FN2O3/c1-3-7-17(9-13(18)20-4-2)14(19)10-5-6-11(15)12(16)8-10/h5-6,8H,3-4,7,9,16H2,1-2H3. The molecule has 20 heavy (non-hydrogen) atoms. The summed E-state index contributed by atoms with van der Waals surface area (Å²) in [4.78, 5) is 25.1. The number of hydrogen-bond donors (Lipinski definition) is 1. The third-order valence-corrected chi connectivity index (χ3v) is 2.65. The second kappa shape index (κ2) is 7.47.